The van der Waals surface area contributed by atoms with Crippen molar-refractivity contribution < 1.29 is 14.7 Å². The van der Waals surface area contributed by atoms with Gasteiger partial charge in [-0.05, 0) is 0 Å². The molecule has 2 heterocycles. The summed E-state index contributed by atoms with van der Waals surface area (Å²) in [6.45, 7) is 0.816. The third kappa shape index (κ3) is 3.05. The summed E-state index contributed by atoms with van der Waals surface area (Å²) < 4.78 is 0. The average Bonchev–Trinajstić information content (AvgIpc) is 2.34. The maximum Gasteiger partial charge on any atom is 0.305 e. The van der Waals surface area contributed by atoms with E-state index in [0.717, 1.165) is 0 Å². The summed E-state index contributed by atoms with van der Waals surface area (Å²) in [5.74, 6) is -1.44. The summed E-state index contributed by atoms with van der Waals surface area (Å²) in [6.07, 6.45) is -0.331. The van der Waals surface area contributed by atoms with Gasteiger partial charge in [0.1, 0.15) is 6.04 Å². The Morgan fingerprint density at radius 1 is 1.53 bits per heavy atom. The van der Waals surface area contributed by atoms with Gasteiger partial charge in [0, 0.05) is 19.2 Å². The van der Waals surface area contributed by atoms with Crippen molar-refractivity contribution in [2.75, 3.05) is 18.0 Å². The molecule has 1 saturated heterocycles. The van der Waals surface area contributed by atoms with Crippen LogP contribution in [0.25, 0.3) is 0 Å². The molecule has 1 unspecified atom stereocenters. The third-order valence-electron chi connectivity index (χ3n) is 2.71. The van der Waals surface area contributed by atoms with Gasteiger partial charge in [-0.1, -0.05) is 23.2 Å². The van der Waals surface area contributed by atoms with Crippen LogP contribution in [0.5, 0.6) is 0 Å². The second kappa shape index (κ2) is 5.58. The number of piperazine rings is 1. The molecular formula is C10H10Cl2N4O3. The Morgan fingerprint density at radius 2 is 2.26 bits per heavy atom. The molecule has 0 spiro atoms. The van der Waals surface area contributed by atoms with E-state index in [4.69, 9.17) is 28.3 Å². The zero-order chi connectivity index (χ0) is 14.0. The first-order valence-electron chi connectivity index (χ1n) is 5.44. The van der Waals surface area contributed by atoms with Crippen LogP contribution in [0.4, 0.5) is 5.69 Å². The lowest BCUT2D eigenvalue weighted by atomic mass is 10.1. The van der Waals surface area contributed by atoms with Crippen LogP contribution < -0.4 is 10.2 Å². The molecule has 2 rings (SSSR count). The van der Waals surface area contributed by atoms with E-state index >= 15 is 0 Å². The van der Waals surface area contributed by atoms with Crippen molar-refractivity contribution in [3.63, 3.8) is 0 Å². The monoisotopic (exact) mass is 304 g/mol. The predicted octanol–water partition coefficient (Wildman–Crippen LogP) is 0.563. The van der Waals surface area contributed by atoms with Gasteiger partial charge in [0.25, 0.3) is 0 Å². The van der Waals surface area contributed by atoms with Crippen molar-refractivity contribution in [1.82, 2.24) is 15.5 Å². The number of amides is 1. The van der Waals surface area contributed by atoms with Crippen LogP contribution in [0.3, 0.4) is 0 Å². The number of aliphatic carboxylic acids is 1. The number of hydrogen-bond acceptors (Lipinski definition) is 5. The molecule has 1 aromatic heterocycles. The fourth-order valence-electron chi connectivity index (χ4n) is 1.92. The highest BCUT2D eigenvalue weighted by atomic mass is 35.5. The second-order valence-corrected chi connectivity index (χ2v) is 4.69. The molecule has 0 saturated carbocycles. The Hall–Kier alpha value is -1.60. The van der Waals surface area contributed by atoms with Gasteiger partial charge in [-0.25, -0.2) is 0 Å². The van der Waals surface area contributed by atoms with Gasteiger partial charge in [0.2, 0.25) is 5.91 Å². The fraction of sp³-hybridized carbons (Fsp3) is 0.400. The van der Waals surface area contributed by atoms with Crippen LogP contribution in [-0.4, -0.2) is 46.3 Å². The third-order valence-corrected chi connectivity index (χ3v) is 3.16. The van der Waals surface area contributed by atoms with Crippen LogP contribution >= 0.6 is 23.2 Å². The smallest absolute Gasteiger partial charge is 0.305 e. The number of rotatable bonds is 3. The Labute approximate surface area is 118 Å². The molecule has 102 valence electrons. The Bertz CT molecular complexity index is 525. The highest BCUT2D eigenvalue weighted by molar-refractivity contribution is 6.33. The Kier molecular flexibility index (Phi) is 4.06. The summed E-state index contributed by atoms with van der Waals surface area (Å²) in [4.78, 5) is 24.2. The maximum absolute atomic E-state index is 11.8. The molecule has 1 fully saturated rings. The highest BCUT2D eigenvalue weighted by Gasteiger charge is 2.33. The number of nitrogens with one attached hydrogen (secondary N) is 1. The minimum Gasteiger partial charge on any atom is -0.481 e. The molecule has 0 bridgehead atoms. The van der Waals surface area contributed by atoms with E-state index in [1.807, 2.05) is 0 Å². The van der Waals surface area contributed by atoms with Crippen molar-refractivity contribution in [2.45, 2.75) is 12.5 Å². The van der Waals surface area contributed by atoms with E-state index in [1.165, 1.54) is 6.07 Å². The summed E-state index contributed by atoms with van der Waals surface area (Å²) in [7, 11) is 0. The summed E-state index contributed by atoms with van der Waals surface area (Å²) in [5, 5.41) is 18.9. The molecule has 2 N–H and O–H groups in total. The topological polar surface area (TPSA) is 95.4 Å². The molecular weight excluding hydrogens is 295 g/mol. The van der Waals surface area contributed by atoms with Crippen molar-refractivity contribution in [1.29, 1.82) is 0 Å². The summed E-state index contributed by atoms with van der Waals surface area (Å²) in [6, 6.07) is 0.619. The molecule has 19 heavy (non-hydrogen) atoms. The van der Waals surface area contributed by atoms with E-state index in [0.29, 0.717) is 18.8 Å². The zero-order valence-corrected chi connectivity index (χ0v) is 11.1. The molecule has 0 aliphatic carbocycles. The Morgan fingerprint density at radius 3 is 2.95 bits per heavy atom. The number of carboxylic acids is 1. The van der Waals surface area contributed by atoms with Crippen molar-refractivity contribution >= 4 is 40.8 Å². The quantitative estimate of drug-likeness (QED) is 0.847. The van der Waals surface area contributed by atoms with Crippen LogP contribution in [-0.2, 0) is 9.59 Å². The summed E-state index contributed by atoms with van der Waals surface area (Å²) >= 11 is 11.7. The van der Waals surface area contributed by atoms with E-state index in [-0.39, 0.29) is 22.6 Å². The molecule has 1 aliphatic rings. The van der Waals surface area contributed by atoms with Crippen LogP contribution in [0, 0.1) is 0 Å². The molecule has 7 nitrogen and oxygen atoms in total. The van der Waals surface area contributed by atoms with Crippen molar-refractivity contribution in [2.24, 2.45) is 0 Å². The number of halogens is 2. The van der Waals surface area contributed by atoms with E-state index < -0.39 is 12.0 Å². The molecule has 1 atom stereocenters. The van der Waals surface area contributed by atoms with Gasteiger partial charge < -0.3 is 15.3 Å². The van der Waals surface area contributed by atoms with E-state index in [2.05, 4.69) is 15.5 Å². The number of carbonyl (C=O) groups is 2. The molecule has 9 heteroatoms. The van der Waals surface area contributed by atoms with Gasteiger partial charge in [0.05, 0.1) is 12.1 Å². The maximum atomic E-state index is 11.8. The van der Waals surface area contributed by atoms with Gasteiger partial charge in [-0.2, -0.15) is 0 Å². The molecule has 0 radical (unpaired) electrons. The normalized spacial score (nSPS) is 19.2. The minimum atomic E-state index is -1.07. The van der Waals surface area contributed by atoms with Crippen molar-refractivity contribution in [3.8, 4) is 0 Å². The van der Waals surface area contributed by atoms with Crippen LogP contribution in [0.1, 0.15) is 6.42 Å². The molecule has 1 amide bonds. The number of nitrogens with zero attached hydrogens (tertiary/aromatic N) is 3. The van der Waals surface area contributed by atoms with Crippen molar-refractivity contribution in [3.05, 3.63) is 16.4 Å². The fourth-order valence-corrected chi connectivity index (χ4v) is 2.26. The largest absolute Gasteiger partial charge is 0.481 e. The first kappa shape index (κ1) is 13.8. The number of carboxylic acid groups (broad SMARTS) is 1. The Balaban J connectivity index is 2.36. The van der Waals surface area contributed by atoms with Crippen LogP contribution in [0.2, 0.25) is 10.3 Å². The zero-order valence-electron chi connectivity index (χ0n) is 9.64. The van der Waals surface area contributed by atoms with Crippen LogP contribution in [0.15, 0.2) is 6.07 Å². The van der Waals surface area contributed by atoms with E-state index in [9.17, 15) is 9.59 Å². The predicted molar refractivity (Wildman–Crippen MR) is 68.4 cm³/mol. The van der Waals surface area contributed by atoms with Gasteiger partial charge >= 0.3 is 5.97 Å². The second-order valence-electron chi connectivity index (χ2n) is 3.94. The van der Waals surface area contributed by atoms with Gasteiger partial charge in [0.15, 0.2) is 10.3 Å². The highest BCUT2D eigenvalue weighted by Crippen LogP contribution is 2.28. The molecule has 1 aromatic rings. The standard InChI is InChI=1S/C10H10Cl2N4O3/c11-7-3-5(9(12)15-14-7)16-2-1-13-10(19)6(16)4-8(17)18/h3,6H,1-2,4H2,(H,13,19)(H,17,18). The van der Waals surface area contributed by atoms with Gasteiger partial charge in [-0.3, -0.25) is 9.59 Å². The minimum absolute atomic E-state index is 0.0782. The summed E-state index contributed by atoms with van der Waals surface area (Å²) in [5.41, 5.74) is 0.405. The lowest BCUT2D eigenvalue weighted by Gasteiger charge is -2.36. The first-order chi connectivity index (χ1) is 8.99. The number of hydrogen-bond donors (Lipinski definition) is 2. The first-order valence-corrected chi connectivity index (χ1v) is 6.19. The number of anilines is 1. The SMILES string of the molecule is O=C(O)CC1C(=O)NCCN1c1cc(Cl)nnc1Cl. The lowest BCUT2D eigenvalue weighted by Crippen LogP contribution is -2.56. The van der Waals surface area contributed by atoms with Gasteiger partial charge in [-0.15, -0.1) is 10.2 Å². The molecule has 1 aliphatic heterocycles. The lowest BCUT2D eigenvalue weighted by molar-refractivity contribution is -0.139. The number of aromatic nitrogens is 2. The molecule has 0 aromatic carbocycles. The number of carbonyl (C=O) groups excluding carboxylic acids is 1. The van der Waals surface area contributed by atoms with E-state index in [1.54, 1.807) is 4.90 Å². The average molecular weight is 305 g/mol.